The minimum atomic E-state index is 0.725. The van der Waals surface area contributed by atoms with Crippen molar-refractivity contribution >= 4 is 6.08 Å². The Hall–Kier alpha value is -1.08. The van der Waals surface area contributed by atoms with Gasteiger partial charge in [-0.25, -0.2) is 0 Å². The number of allylic oxidation sites excluding steroid dienone is 1. The quantitative estimate of drug-likeness (QED) is 0.721. The van der Waals surface area contributed by atoms with Crippen LogP contribution in [0.15, 0.2) is 30.3 Å². The molecule has 1 nitrogen and oxygen atoms in total. The van der Waals surface area contributed by atoms with Gasteiger partial charge in [-0.3, -0.25) is 0 Å². The predicted molar refractivity (Wildman–Crippen MR) is 81.5 cm³/mol. The number of aryl methyl sites for hydroxylation is 1. The molecule has 0 aliphatic heterocycles. The monoisotopic (exact) mass is 245 g/mol. The number of benzene rings is 1. The summed E-state index contributed by atoms with van der Waals surface area (Å²) in [7, 11) is 0. The van der Waals surface area contributed by atoms with Crippen molar-refractivity contribution in [1.29, 1.82) is 0 Å². The Labute approximate surface area is 112 Å². The van der Waals surface area contributed by atoms with E-state index < -0.39 is 0 Å². The van der Waals surface area contributed by atoms with Crippen molar-refractivity contribution in [2.24, 2.45) is 11.7 Å². The molecule has 18 heavy (non-hydrogen) atoms. The SMILES string of the molecule is CCCC(/C=C/c1cccc(CCCN)c1)CC. The molecule has 0 amide bonds. The molecule has 1 atom stereocenters. The van der Waals surface area contributed by atoms with Gasteiger partial charge in [0.05, 0.1) is 0 Å². The molecule has 0 aromatic heterocycles. The van der Waals surface area contributed by atoms with Crippen molar-refractivity contribution in [3.05, 3.63) is 41.5 Å². The Morgan fingerprint density at radius 1 is 1.28 bits per heavy atom. The van der Waals surface area contributed by atoms with Crippen molar-refractivity contribution in [3.8, 4) is 0 Å². The van der Waals surface area contributed by atoms with Gasteiger partial charge in [0.1, 0.15) is 0 Å². The Morgan fingerprint density at radius 3 is 2.78 bits per heavy atom. The lowest BCUT2D eigenvalue weighted by atomic mass is 9.98. The smallest absolute Gasteiger partial charge is 0.00741 e. The van der Waals surface area contributed by atoms with E-state index in [9.17, 15) is 0 Å². The van der Waals surface area contributed by atoms with Crippen LogP contribution in [0, 0.1) is 5.92 Å². The summed E-state index contributed by atoms with van der Waals surface area (Å²) in [6.07, 6.45) is 10.6. The molecule has 0 saturated heterocycles. The van der Waals surface area contributed by atoms with Crippen LogP contribution in [-0.2, 0) is 6.42 Å². The fourth-order valence-corrected chi connectivity index (χ4v) is 2.21. The highest BCUT2D eigenvalue weighted by molar-refractivity contribution is 5.50. The highest BCUT2D eigenvalue weighted by atomic mass is 14.5. The lowest BCUT2D eigenvalue weighted by molar-refractivity contribution is 0.565. The first-order valence-electron chi connectivity index (χ1n) is 7.27. The number of nitrogens with two attached hydrogens (primary N) is 1. The van der Waals surface area contributed by atoms with Gasteiger partial charge in [-0.2, -0.15) is 0 Å². The van der Waals surface area contributed by atoms with E-state index in [1.54, 1.807) is 0 Å². The number of hydrogen-bond donors (Lipinski definition) is 1. The molecule has 1 aromatic rings. The van der Waals surface area contributed by atoms with E-state index in [4.69, 9.17) is 5.73 Å². The van der Waals surface area contributed by atoms with Crippen LogP contribution in [-0.4, -0.2) is 6.54 Å². The molecule has 2 N–H and O–H groups in total. The fourth-order valence-electron chi connectivity index (χ4n) is 2.21. The highest BCUT2D eigenvalue weighted by Crippen LogP contribution is 2.15. The van der Waals surface area contributed by atoms with Crippen LogP contribution in [0.4, 0.5) is 0 Å². The van der Waals surface area contributed by atoms with Crippen LogP contribution in [0.25, 0.3) is 6.08 Å². The van der Waals surface area contributed by atoms with E-state index in [2.05, 4.69) is 50.3 Å². The van der Waals surface area contributed by atoms with E-state index in [0.29, 0.717) is 0 Å². The van der Waals surface area contributed by atoms with Crippen LogP contribution in [0.3, 0.4) is 0 Å². The Kier molecular flexibility index (Phi) is 7.43. The zero-order chi connectivity index (χ0) is 13.2. The Morgan fingerprint density at radius 2 is 2.11 bits per heavy atom. The van der Waals surface area contributed by atoms with E-state index in [1.807, 2.05) is 0 Å². The van der Waals surface area contributed by atoms with Gasteiger partial charge >= 0.3 is 0 Å². The van der Waals surface area contributed by atoms with Crippen molar-refractivity contribution in [2.75, 3.05) is 6.54 Å². The zero-order valence-corrected chi connectivity index (χ0v) is 11.9. The summed E-state index contributed by atoms with van der Waals surface area (Å²) >= 11 is 0. The van der Waals surface area contributed by atoms with Crippen LogP contribution < -0.4 is 5.73 Å². The normalized spacial score (nSPS) is 13.1. The molecule has 1 rings (SSSR count). The average molecular weight is 245 g/mol. The Balaban J connectivity index is 2.62. The van der Waals surface area contributed by atoms with Crippen LogP contribution in [0.1, 0.15) is 50.7 Å². The number of rotatable bonds is 8. The summed E-state index contributed by atoms with van der Waals surface area (Å²) in [5.74, 6) is 0.725. The molecule has 0 aliphatic rings. The second-order valence-corrected chi connectivity index (χ2v) is 4.95. The first-order valence-corrected chi connectivity index (χ1v) is 7.27. The van der Waals surface area contributed by atoms with Gasteiger partial charge in [0.25, 0.3) is 0 Å². The molecule has 1 heteroatoms. The molecule has 0 radical (unpaired) electrons. The molecule has 0 saturated carbocycles. The molecule has 0 bridgehead atoms. The molecule has 1 unspecified atom stereocenters. The van der Waals surface area contributed by atoms with Gasteiger partial charge in [-0.05, 0) is 49.3 Å². The highest BCUT2D eigenvalue weighted by Gasteiger charge is 1.99. The molecular weight excluding hydrogens is 218 g/mol. The zero-order valence-electron chi connectivity index (χ0n) is 11.9. The van der Waals surface area contributed by atoms with Gasteiger partial charge in [0.15, 0.2) is 0 Å². The molecule has 0 aliphatic carbocycles. The summed E-state index contributed by atoms with van der Waals surface area (Å²) in [5, 5.41) is 0. The predicted octanol–water partition coefficient (Wildman–Crippen LogP) is 4.42. The summed E-state index contributed by atoms with van der Waals surface area (Å²) in [6.45, 7) is 5.29. The molecule has 0 spiro atoms. The minimum absolute atomic E-state index is 0.725. The van der Waals surface area contributed by atoms with E-state index in [0.717, 1.165) is 25.3 Å². The molecule has 1 aromatic carbocycles. The summed E-state index contributed by atoms with van der Waals surface area (Å²) in [5.41, 5.74) is 8.26. The van der Waals surface area contributed by atoms with Gasteiger partial charge in [-0.1, -0.05) is 56.7 Å². The summed E-state index contributed by atoms with van der Waals surface area (Å²) in [4.78, 5) is 0. The van der Waals surface area contributed by atoms with E-state index in [1.165, 1.54) is 30.4 Å². The summed E-state index contributed by atoms with van der Waals surface area (Å²) in [6, 6.07) is 8.80. The van der Waals surface area contributed by atoms with Gasteiger partial charge in [0.2, 0.25) is 0 Å². The third-order valence-corrected chi connectivity index (χ3v) is 3.37. The van der Waals surface area contributed by atoms with Gasteiger partial charge in [-0.15, -0.1) is 0 Å². The average Bonchev–Trinajstić information content (AvgIpc) is 2.41. The summed E-state index contributed by atoms with van der Waals surface area (Å²) < 4.78 is 0. The van der Waals surface area contributed by atoms with E-state index >= 15 is 0 Å². The third-order valence-electron chi connectivity index (χ3n) is 3.37. The van der Waals surface area contributed by atoms with Crippen LogP contribution in [0.2, 0.25) is 0 Å². The maximum absolute atomic E-state index is 5.55. The molecule has 0 fully saturated rings. The molecule has 100 valence electrons. The first kappa shape index (κ1) is 15.0. The third kappa shape index (κ3) is 5.50. The van der Waals surface area contributed by atoms with E-state index in [-0.39, 0.29) is 0 Å². The lowest BCUT2D eigenvalue weighted by Gasteiger charge is -2.07. The second kappa shape index (κ2) is 8.93. The maximum Gasteiger partial charge on any atom is -0.00741 e. The maximum atomic E-state index is 5.55. The standard InChI is InChI=1S/C17H27N/c1-3-7-15(4-2)11-12-17-9-5-8-16(14-17)10-6-13-18/h5,8-9,11-12,14-15H,3-4,6-7,10,13,18H2,1-2H3/b12-11+. The van der Waals surface area contributed by atoms with Gasteiger partial charge < -0.3 is 5.73 Å². The topological polar surface area (TPSA) is 26.0 Å². The fraction of sp³-hybridized carbons (Fsp3) is 0.529. The number of hydrogen-bond acceptors (Lipinski definition) is 1. The molecular formula is C17H27N. The van der Waals surface area contributed by atoms with Gasteiger partial charge in [0, 0.05) is 0 Å². The minimum Gasteiger partial charge on any atom is -0.330 e. The van der Waals surface area contributed by atoms with Crippen LogP contribution >= 0.6 is 0 Å². The molecule has 0 heterocycles. The lowest BCUT2D eigenvalue weighted by Crippen LogP contribution is -2.00. The first-order chi connectivity index (χ1) is 8.80. The van der Waals surface area contributed by atoms with Crippen molar-refractivity contribution in [3.63, 3.8) is 0 Å². The second-order valence-electron chi connectivity index (χ2n) is 4.95. The van der Waals surface area contributed by atoms with Crippen molar-refractivity contribution < 1.29 is 0 Å². The Bertz CT molecular complexity index is 354. The largest absolute Gasteiger partial charge is 0.330 e. The van der Waals surface area contributed by atoms with Crippen molar-refractivity contribution in [2.45, 2.75) is 46.0 Å². The van der Waals surface area contributed by atoms with Crippen molar-refractivity contribution in [1.82, 2.24) is 0 Å². The van der Waals surface area contributed by atoms with Crippen LogP contribution in [0.5, 0.6) is 0 Å².